The highest BCUT2D eigenvalue weighted by Gasteiger charge is 2.46. The number of hydrogen-bond acceptors (Lipinski definition) is 9. The zero-order chi connectivity index (χ0) is 35.4. The van der Waals surface area contributed by atoms with Gasteiger partial charge < -0.3 is 45.2 Å². The summed E-state index contributed by atoms with van der Waals surface area (Å²) < 4.78 is 13.3. The van der Waals surface area contributed by atoms with Crippen LogP contribution < -0.4 is 9.47 Å². The van der Waals surface area contributed by atoms with E-state index in [0.29, 0.717) is 39.3 Å². The number of benzene rings is 6. The van der Waals surface area contributed by atoms with Crippen molar-refractivity contribution in [3.05, 3.63) is 160 Å². The molecule has 8 rings (SSSR count). The minimum atomic E-state index is -0.694. The summed E-state index contributed by atoms with van der Waals surface area (Å²) in [5.74, 6) is -0.504. The Morgan fingerprint density at radius 2 is 0.863 bits per heavy atom. The molecule has 4 atom stereocenters. The first-order chi connectivity index (χ1) is 24.6. The van der Waals surface area contributed by atoms with Gasteiger partial charge in [-0.15, -0.1) is 0 Å². The Kier molecular flexibility index (Phi) is 7.60. The molecule has 0 amide bonds. The number of hydrogen-bond donors (Lipinski definition) is 7. The van der Waals surface area contributed by atoms with Crippen molar-refractivity contribution in [3.8, 4) is 51.7 Å². The Labute approximate surface area is 292 Å². The fraction of sp³-hybridized carbons (Fsp3) is 0.0952. The summed E-state index contributed by atoms with van der Waals surface area (Å²) in [4.78, 5) is 0. The molecule has 2 aliphatic heterocycles. The molecule has 254 valence electrons. The first-order valence-electron chi connectivity index (χ1n) is 16.3. The summed E-state index contributed by atoms with van der Waals surface area (Å²) >= 11 is 0. The van der Waals surface area contributed by atoms with Crippen LogP contribution in [0.3, 0.4) is 0 Å². The Bertz CT molecular complexity index is 2270. The van der Waals surface area contributed by atoms with Crippen molar-refractivity contribution in [1.82, 2.24) is 0 Å². The SMILES string of the molecule is Oc1ccc(/C=C/c2cc(O)cc3c2[C@@H](c2cc(O)cc4c2[C@@H](c2cc(O)cc(O)c2)[C@H](c2ccc(O)cc2)O4)[C@H](c2ccc(O)cc2)O3)cc1. The van der Waals surface area contributed by atoms with Crippen LogP contribution in [0.25, 0.3) is 12.2 Å². The Morgan fingerprint density at radius 3 is 1.43 bits per heavy atom. The molecule has 7 N–H and O–H groups in total. The highest BCUT2D eigenvalue weighted by Crippen LogP contribution is 2.59. The van der Waals surface area contributed by atoms with Gasteiger partial charge in [-0.2, -0.15) is 0 Å². The fourth-order valence-corrected chi connectivity index (χ4v) is 7.31. The van der Waals surface area contributed by atoms with Gasteiger partial charge in [0.1, 0.15) is 64.0 Å². The summed E-state index contributed by atoms with van der Waals surface area (Å²) in [6.45, 7) is 0. The molecule has 0 unspecified atom stereocenters. The van der Waals surface area contributed by atoms with Crippen molar-refractivity contribution in [3.63, 3.8) is 0 Å². The molecular formula is C42H32O9. The summed E-state index contributed by atoms with van der Waals surface area (Å²) in [5.41, 5.74) is 5.48. The van der Waals surface area contributed by atoms with Gasteiger partial charge in [-0.1, -0.05) is 48.6 Å². The molecular weight excluding hydrogens is 648 g/mol. The van der Waals surface area contributed by atoms with Crippen LogP contribution in [0.1, 0.15) is 68.6 Å². The zero-order valence-corrected chi connectivity index (χ0v) is 26.9. The molecule has 0 bridgehead atoms. The van der Waals surface area contributed by atoms with Crippen LogP contribution >= 0.6 is 0 Å². The van der Waals surface area contributed by atoms with Gasteiger partial charge in [0.25, 0.3) is 0 Å². The maximum atomic E-state index is 11.3. The molecule has 0 aromatic heterocycles. The number of fused-ring (bicyclic) bond motifs is 2. The molecule has 0 radical (unpaired) electrons. The van der Waals surface area contributed by atoms with Crippen molar-refractivity contribution in [2.24, 2.45) is 0 Å². The molecule has 2 heterocycles. The normalized spacial score (nSPS) is 19.0. The van der Waals surface area contributed by atoms with Crippen molar-refractivity contribution in [2.45, 2.75) is 24.0 Å². The monoisotopic (exact) mass is 680 g/mol. The molecule has 2 aliphatic rings. The van der Waals surface area contributed by atoms with Gasteiger partial charge in [-0.05, 0) is 94.0 Å². The summed E-state index contributed by atoms with van der Waals surface area (Å²) in [7, 11) is 0. The van der Waals surface area contributed by atoms with E-state index in [2.05, 4.69) is 0 Å². The van der Waals surface area contributed by atoms with Crippen molar-refractivity contribution < 1.29 is 45.2 Å². The Hall–Kier alpha value is -6.74. The lowest BCUT2D eigenvalue weighted by atomic mass is 9.75. The zero-order valence-electron chi connectivity index (χ0n) is 26.9. The van der Waals surface area contributed by atoms with E-state index in [9.17, 15) is 35.7 Å². The molecule has 9 nitrogen and oxygen atoms in total. The third kappa shape index (κ3) is 5.84. The van der Waals surface area contributed by atoms with E-state index >= 15 is 0 Å². The second kappa shape index (κ2) is 12.3. The van der Waals surface area contributed by atoms with E-state index in [1.165, 1.54) is 12.1 Å². The minimum absolute atomic E-state index is 0.0193. The highest BCUT2D eigenvalue weighted by molar-refractivity contribution is 5.76. The third-order valence-electron chi connectivity index (χ3n) is 9.46. The van der Waals surface area contributed by atoms with Crippen LogP contribution in [0.15, 0.2) is 115 Å². The number of phenolic OH excluding ortho intramolecular Hbond substituents is 7. The van der Waals surface area contributed by atoms with Gasteiger partial charge in [-0.3, -0.25) is 0 Å². The molecule has 51 heavy (non-hydrogen) atoms. The van der Waals surface area contributed by atoms with Crippen molar-refractivity contribution in [2.75, 3.05) is 0 Å². The lowest BCUT2D eigenvalue weighted by Gasteiger charge is -2.26. The predicted molar refractivity (Wildman–Crippen MR) is 190 cm³/mol. The average Bonchev–Trinajstić information content (AvgIpc) is 3.67. The van der Waals surface area contributed by atoms with E-state index in [-0.39, 0.29) is 40.2 Å². The van der Waals surface area contributed by atoms with E-state index < -0.39 is 24.0 Å². The van der Waals surface area contributed by atoms with Crippen LogP contribution in [-0.2, 0) is 0 Å². The van der Waals surface area contributed by atoms with Gasteiger partial charge in [0.05, 0.1) is 11.8 Å². The topological polar surface area (TPSA) is 160 Å². The van der Waals surface area contributed by atoms with Gasteiger partial charge in [-0.25, -0.2) is 0 Å². The fourth-order valence-electron chi connectivity index (χ4n) is 7.31. The van der Waals surface area contributed by atoms with E-state index in [0.717, 1.165) is 16.7 Å². The van der Waals surface area contributed by atoms with E-state index in [1.54, 1.807) is 103 Å². The summed E-state index contributed by atoms with van der Waals surface area (Å²) in [5, 5.41) is 73.4. The van der Waals surface area contributed by atoms with E-state index in [4.69, 9.17) is 9.47 Å². The standard InChI is InChI=1S/C42H32O9/c43-27-9-2-22(3-10-27)1-4-25-15-32(48)20-35-37(25)40(42(50-35)24-7-13-29(45)14-8-24)34-19-33(49)21-36-39(34)38(26-16-30(46)18-31(47)17-26)41(51-36)23-5-11-28(44)12-6-23/h1-21,38,40-49H/b4-1+/t38-,40-,41+,42+/m1/s1. The molecule has 6 aromatic rings. The molecule has 0 fully saturated rings. The molecule has 9 heteroatoms. The first-order valence-corrected chi connectivity index (χ1v) is 16.3. The first kappa shape index (κ1) is 31.5. The lowest BCUT2D eigenvalue weighted by molar-refractivity contribution is 0.219. The largest absolute Gasteiger partial charge is 0.508 e. The van der Waals surface area contributed by atoms with Crippen molar-refractivity contribution in [1.29, 1.82) is 0 Å². The number of rotatable bonds is 6. The quantitative estimate of drug-likeness (QED) is 0.0858. The molecule has 6 aromatic carbocycles. The summed E-state index contributed by atoms with van der Waals surface area (Å²) in [6, 6.07) is 30.7. The van der Waals surface area contributed by atoms with Crippen LogP contribution in [0.5, 0.6) is 51.7 Å². The van der Waals surface area contributed by atoms with Gasteiger partial charge in [0.15, 0.2) is 0 Å². The van der Waals surface area contributed by atoms with Gasteiger partial charge >= 0.3 is 0 Å². The maximum Gasteiger partial charge on any atom is 0.135 e. The van der Waals surface area contributed by atoms with Gasteiger partial charge in [0, 0.05) is 29.3 Å². The molecule has 0 saturated carbocycles. The van der Waals surface area contributed by atoms with E-state index in [1.807, 2.05) is 12.2 Å². The van der Waals surface area contributed by atoms with Crippen LogP contribution in [0.2, 0.25) is 0 Å². The van der Waals surface area contributed by atoms with Crippen LogP contribution in [0.4, 0.5) is 0 Å². The number of ether oxygens (including phenoxy) is 2. The second-order valence-corrected chi connectivity index (χ2v) is 12.8. The number of phenols is 7. The number of aromatic hydroxyl groups is 7. The minimum Gasteiger partial charge on any atom is -0.508 e. The smallest absolute Gasteiger partial charge is 0.135 e. The van der Waals surface area contributed by atoms with Crippen molar-refractivity contribution >= 4 is 12.2 Å². The lowest BCUT2D eigenvalue weighted by Crippen LogP contribution is -2.16. The third-order valence-corrected chi connectivity index (χ3v) is 9.46. The molecule has 0 saturated heterocycles. The Morgan fingerprint density at radius 1 is 0.392 bits per heavy atom. The summed E-state index contributed by atoms with van der Waals surface area (Å²) in [6.07, 6.45) is 2.32. The van der Waals surface area contributed by atoms with Crippen LogP contribution in [0, 0.1) is 0 Å². The predicted octanol–water partition coefficient (Wildman–Crippen LogP) is 8.33. The Balaban J connectivity index is 1.37. The molecule has 0 spiro atoms. The van der Waals surface area contributed by atoms with Gasteiger partial charge in [0.2, 0.25) is 0 Å². The molecule has 0 aliphatic carbocycles. The van der Waals surface area contributed by atoms with Crippen LogP contribution in [-0.4, -0.2) is 35.7 Å². The highest BCUT2D eigenvalue weighted by atomic mass is 16.5. The second-order valence-electron chi connectivity index (χ2n) is 12.8. The average molecular weight is 681 g/mol. The maximum absolute atomic E-state index is 11.3.